The summed E-state index contributed by atoms with van der Waals surface area (Å²) in [6, 6.07) is 6.89. The summed E-state index contributed by atoms with van der Waals surface area (Å²) in [4.78, 5) is 11.7. The summed E-state index contributed by atoms with van der Waals surface area (Å²) in [6.45, 7) is 1.76. The van der Waals surface area contributed by atoms with E-state index in [-0.39, 0.29) is 0 Å². The van der Waals surface area contributed by atoms with Crippen molar-refractivity contribution >= 4 is 5.91 Å². The SMILES string of the molecule is CCC(O)(C(=O)NC)c1cccc(OC)c1. The Morgan fingerprint density at radius 3 is 2.75 bits per heavy atom. The highest BCUT2D eigenvalue weighted by Crippen LogP contribution is 2.27. The van der Waals surface area contributed by atoms with Crippen LogP contribution in [0.2, 0.25) is 0 Å². The Balaban J connectivity index is 3.16. The topological polar surface area (TPSA) is 58.6 Å². The highest BCUT2D eigenvalue weighted by molar-refractivity contribution is 5.86. The van der Waals surface area contributed by atoms with Gasteiger partial charge in [-0.05, 0) is 24.1 Å². The minimum absolute atomic E-state index is 0.305. The van der Waals surface area contributed by atoms with Crippen LogP contribution < -0.4 is 10.1 Å². The number of amides is 1. The number of carbonyl (C=O) groups is 1. The van der Waals surface area contributed by atoms with Gasteiger partial charge in [0, 0.05) is 7.05 Å². The zero-order valence-electron chi connectivity index (χ0n) is 9.78. The first-order chi connectivity index (χ1) is 7.58. The van der Waals surface area contributed by atoms with Crippen LogP contribution in [0.15, 0.2) is 24.3 Å². The zero-order valence-corrected chi connectivity index (χ0v) is 9.78. The lowest BCUT2D eigenvalue weighted by Gasteiger charge is -2.25. The molecule has 4 heteroatoms. The van der Waals surface area contributed by atoms with E-state index in [1.807, 2.05) is 0 Å². The first-order valence-electron chi connectivity index (χ1n) is 5.17. The van der Waals surface area contributed by atoms with Crippen molar-refractivity contribution in [2.45, 2.75) is 18.9 Å². The van der Waals surface area contributed by atoms with E-state index in [2.05, 4.69) is 5.32 Å². The van der Waals surface area contributed by atoms with Crippen LogP contribution in [0.25, 0.3) is 0 Å². The lowest BCUT2D eigenvalue weighted by atomic mass is 9.90. The molecule has 1 amide bonds. The van der Waals surface area contributed by atoms with E-state index in [1.165, 1.54) is 7.05 Å². The fraction of sp³-hybridized carbons (Fsp3) is 0.417. The third kappa shape index (κ3) is 2.17. The molecule has 0 aliphatic rings. The van der Waals surface area contributed by atoms with Crippen LogP contribution in [0.5, 0.6) is 5.75 Å². The molecule has 0 aromatic heterocycles. The number of hydrogen-bond acceptors (Lipinski definition) is 3. The Labute approximate surface area is 95.2 Å². The molecule has 1 atom stereocenters. The Kier molecular flexibility index (Phi) is 3.90. The predicted octanol–water partition coefficient (Wildman–Crippen LogP) is 1.04. The van der Waals surface area contributed by atoms with E-state index in [0.29, 0.717) is 17.7 Å². The number of carbonyl (C=O) groups excluding carboxylic acids is 1. The summed E-state index contributed by atoms with van der Waals surface area (Å²) in [5.41, 5.74) is -0.961. The van der Waals surface area contributed by atoms with Gasteiger partial charge in [-0.15, -0.1) is 0 Å². The standard InChI is InChI=1S/C12H17NO3/c1-4-12(15,11(14)13-2)9-6-5-7-10(8-9)16-3/h5-8,15H,4H2,1-3H3,(H,13,14). The fourth-order valence-corrected chi connectivity index (χ4v) is 1.58. The number of nitrogens with one attached hydrogen (secondary N) is 1. The molecule has 0 saturated carbocycles. The second kappa shape index (κ2) is 4.99. The third-order valence-corrected chi connectivity index (χ3v) is 2.66. The molecule has 1 aromatic rings. The van der Waals surface area contributed by atoms with Crippen molar-refractivity contribution in [3.05, 3.63) is 29.8 Å². The van der Waals surface area contributed by atoms with Crippen molar-refractivity contribution in [3.63, 3.8) is 0 Å². The molecular weight excluding hydrogens is 206 g/mol. The summed E-state index contributed by atoms with van der Waals surface area (Å²) in [6.07, 6.45) is 0.305. The second-order valence-corrected chi connectivity index (χ2v) is 3.52. The number of likely N-dealkylation sites (N-methyl/N-ethyl adjacent to an activating group) is 1. The van der Waals surface area contributed by atoms with Gasteiger partial charge in [-0.3, -0.25) is 4.79 Å². The number of methoxy groups -OCH3 is 1. The van der Waals surface area contributed by atoms with E-state index < -0.39 is 11.5 Å². The van der Waals surface area contributed by atoms with Gasteiger partial charge in [-0.1, -0.05) is 19.1 Å². The Morgan fingerprint density at radius 2 is 2.25 bits per heavy atom. The molecular formula is C12H17NO3. The van der Waals surface area contributed by atoms with E-state index >= 15 is 0 Å². The molecule has 16 heavy (non-hydrogen) atoms. The van der Waals surface area contributed by atoms with E-state index in [9.17, 15) is 9.90 Å². The minimum atomic E-state index is -1.50. The van der Waals surface area contributed by atoms with Gasteiger partial charge in [-0.2, -0.15) is 0 Å². The maximum Gasteiger partial charge on any atom is 0.256 e. The summed E-state index contributed by atoms with van der Waals surface area (Å²) in [5.74, 6) is 0.205. The molecule has 0 bridgehead atoms. The van der Waals surface area contributed by atoms with E-state index in [1.54, 1.807) is 38.3 Å². The molecule has 0 spiro atoms. The third-order valence-electron chi connectivity index (χ3n) is 2.66. The first kappa shape index (κ1) is 12.5. The van der Waals surface area contributed by atoms with Gasteiger partial charge in [0.25, 0.3) is 5.91 Å². The van der Waals surface area contributed by atoms with Gasteiger partial charge in [0.05, 0.1) is 7.11 Å². The quantitative estimate of drug-likeness (QED) is 0.801. The summed E-state index contributed by atoms with van der Waals surface area (Å²) >= 11 is 0. The molecule has 1 unspecified atom stereocenters. The van der Waals surface area contributed by atoms with Crippen molar-refractivity contribution < 1.29 is 14.6 Å². The number of rotatable bonds is 4. The van der Waals surface area contributed by atoms with Crippen LogP contribution in [0.1, 0.15) is 18.9 Å². The van der Waals surface area contributed by atoms with Crippen LogP contribution in [0, 0.1) is 0 Å². The lowest BCUT2D eigenvalue weighted by molar-refractivity contribution is -0.140. The molecule has 0 saturated heterocycles. The average molecular weight is 223 g/mol. The van der Waals surface area contributed by atoms with Gasteiger partial charge in [0.1, 0.15) is 5.75 Å². The number of hydrogen-bond donors (Lipinski definition) is 2. The van der Waals surface area contributed by atoms with Gasteiger partial charge >= 0.3 is 0 Å². The van der Waals surface area contributed by atoms with Crippen LogP contribution in [0.4, 0.5) is 0 Å². The largest absolute Gasteiger partial charge is 0.497 e. The monoisotopic (exact) mass is 223 g/mol. The van der Waals surface area contributed by atoms with Crippen LogP contribution in [0.3, 0.4) is 0 Å². The smallest absolute Gasteiger partial charge is 0.256 e. The van der Waals surface area contributed by atoms with Crippen LogP contribution in [-0.2, 0) is 10.4 Å². The van der Waals surface area contributed by atoms with Crippen molar-refractivity contribution in [1.82, 2.24) is 5.32 Å². The molecule has 0 radical (unpaired) electrons. The van der Waals surface area contributed by atoms with Crippen LogP contribution >= 0.6 is 0 Å². The number of ether oxygens (including phenoxy) is 1. The highest BCUT2D eigenvalue weighted by Gasteiger charge is 2.35. The molecule has 88 valence electrons. The van der Waals surface area contributed by atoms with Gasteiger partial charge in [0.2, 0.25) is 0 Å². The Morgan fingerprint density at radius 1 is 1.56 bits per heavy atom. The molecule has 2 N–H and O–H groups in total. The summed E-state index contributed by atoms with van der Waals surface area (Å²) in [5, 5.41) is 12.8. The van der Waals surface area contributed by atoms with Crippen molar-refractivity contribution in [3.8, 4) is 5.75 Å². The first-order valence-corrected chi connectivity index (χ1v) is 5.17. The molecule has 0 aliphatic heterocycles. The van der Waals surface area contributed by atoms with Gasteiger partial charge in [0.15, 0.2) is 5.60 Å². The molecule has 0 heterocycles. The number of benzene rings is 1. The second-order valence-electron chi connectivity index (χ2n) is 3.52. The van der Waals surface area contributed by atoms with Crippen LogP contribution in [-0.4, -0.2) is 25.2 Å². The Bertz CT molecular complexity index is 378. The summed E-state index contributed by atoms with van der Waals surface area (Å²) in [7, 11) is 3.05. The molecule has 1 rings (SSSR count). The maximum atomic E-state index is 11.7. The normalized spacial score (nSPS) is 14.0. The fourth-order valence-electron chi connectivity index (χ4n) is 1.58. The van der Waals surface area contributed by atoms with E-state index in [4.69, 9.17) is 4.74 Å². The lowest BCUT2D eigenvalue weighted by Crippen LogP contribution is -2.42. The predicted molar refractivity (Wildman–Crippen MR) is 61.2 cm³/mol. The number of aliphatic hydroxyl groups is 1. The highest BCUT2D eigenvalue weighted by atomic mass is 16.5. The van der Waals surface area contributed by atoms with Gasteiger partial charge < -0.3 is 15.2 Å². The maximum absolute atomic E-state index is 11.7. The van der Waals surface area contributed by atoms with Crippen molar-refractivity contribution in [2.75, 3.05) is 14.2 Å². The molecule has 4 nitrogen and oxygen atoms in total. The van der Waals surface area contributed by atoms with Crippen molar-refractivity contribution in [1.29, 1.82) is 0 Å². The van der Waals surface area contributed by atoms with Crippen molar-refractivity contribution in [2.24, 2.45) is 0 Å². The zero-order chi connectivity index (χ0) is 12.2. The summed E-state index contributed by atoms with van der Waals surface area (Å²) < 4.78 is 5.07. The molecule has 0 fully saturated rings. The van der Waals surface area contributed by atoms with Gasteiger partial charge in [-0.25, -0.2) is 0 Å². The minimum Gasteiger partial charge on any atom is -0.497 e. The average Bonchev–Trinajstić information content (AvgIpc) is 2.36. The van der Waals surface area contributed by atoms with E-state index in [0.717, 1.165) is 0 Å². The molecule has 0 aliphatic carbocycles. The molecule has 1 aromatic carbocycles. The Hall–Kier alpha value is -1.55.